The average Bonchev–Trinajstić information content (AvgIpc) is 3.45. The lowest BCUT2D eigenvalue weighted by Gasteiger charge is -2.40. The number of allylic oxidation sites excluding steroid dienone is 3. The molecule has 0 radical (unpaired) electrons. The number of aliphatic hydroxyl groups excluding tert-OH is 5. The molecule has 7 unspecified atom stereocenters. The van der Waals surface area contributed by atoms with E-state index in [2.05, 4.69) is 31.3 Å². The van der Waals surface area contributed by atoms with Gasteiger partial charge in [-0.15, -0.1) is 0 Å². The van der Waals surface area contributed by atoms with Gasteiger partial charge in [-0.1, -0.05) is 340 Å². The van der Waals surface area contributed by atoms with Crippen molar-refractivity contribution in [1.29, 1.82) is 0 Å². The number of amides is 1. The zero-order valence-electron chi connectivity index (χ0n) is 51.7. The zero-order chi connectivity index (χ0) is 56.5. The molecule has 9 nitrogen and oxygen atoms in total. The summed E-state index contributed by atoms with van der Waals surface area (Å²) in [6, 6.07) is -0.819. The second kappa shape index (κ2) is 58.9. The fourth-order valence-corrected chi connectivity index (χ4v) is 11.4. The highest BCUT2D eigenvalue weighted by Gasteiger charge is 2.44. The Morgan fingerprint density at radius 2 is 0.731 bits per heavy atom. The van der Waals surface area contributed by atoms with Crippen molar-refractivity contribution in [2.45, 2.75) is 397 Å². The van der Waals surface area contributed by atoms with Crippen LogP contribution >= 0.6 is 0 Å². The fourth-order valence-electron chi connectivity index (χ4n) is 11.4. The summed E-state index contributed by atoms with van der Waals surface area (Å²) in [5, 5.41) is 54.6. The number of aliphatic hydroxyl groups is 5. The van der Waals surface area contributed by atoms with E-state index in [0.717, 1.165) is 38.5 Å². The Balaban J connectivity index is 2.09. The van der Waals surface area contributed by atoms with Crippen molar-refractivity contribution in [3.63, 3.8) is 0 Å². The van der Waals surface area contributed by atoms with Gasteiger partial charge in [0.2, 0.25) is 5.91 Å². The minimum atomic E-state index is -1.57. The summed E-state index contributed by atoms with van der Waals surface area (Å²) in [5.74, 6) is -0.178. The van der Waals surface area contributed by atoms with Gasteiger partial charge in [-0.25, -0.2) is 0 Å². The van der Waals surface area contributed by atoms with Gasteiger partial charge in [0.1, 0.15) is 24.4 Å². The molecule has 0 aromatic rings. The maximum Gasteiger partial charge on any atom is 0.220 e. The largest absolute Gasteiger partial charge is 0.394 e. The zero-order valence-corrected chi connectivity index (χ0v) is 51.7. The quantitative estimate of drug-likeness (QED) is 0.0261. The molecule has 0 aromatic carbocycles. The lowest BCUT2D eigenvalue weighted by molar-refractivity contribution is -0.302. The number of ether oxygens (including phenoxy) is 2. The Kier molecular flexibility index (Phi) is 56.3. The molecule has 1 heterocycles. The molecule has 1 saturated heterocycles. The third-order valence-corrected chi connectivity index (χ3v) is 16.8. The molecule has 78 heavy (non-hydrogen) atoms. The number of hydrogen-bond acceptors (Lipinski definition) is 8. The van der Waals surface area contributed by atoms with Crippen LogP contribution in [0, 0.1) is 0 Å². The Bertz CT molecular complexity index is 1280. The number of rotatable bonds is 61. The normalized spacial score (nSPS) is 18.7. The van der Waals surface area contributed by atoms with E-state index in [4.69, 9.17) is 9.47 Å². The molecule has 462 valence electrons. The Morgan fingerprint density at radius 1 is 0.423 bits per heavy atom. The van der Waals surface area contributed by atoms with E-state index in [1.54, 1.807) is 6.08 Å². The third kappa shape index (κ3) is 47.2. The first-order chi connectivity index (χ1) is 38.3. The second-order valence-electron chi connectivity index (χ2n) is 24.3. The molecule has 1 rings (SSSR count). The van der Waals surface area contributed by atoms with E-state index >= 15 is 0 Å². The van der Waals surface area contributed by atoms with Gasteiger partial charge in [0.05, 0.1) is 25.4 Å². The Hall–Kier alpha value is -1.33. The second-order valence-corrected chi connectivity index (χ2v) is 24.3. The Labute approximate surface area is 483 Å². The van der Waals surface area contributed by atoms with E-state index in [-0.39, 0.29) is 12.5 Å². The molecule has 1 amide bonds. The third-order valence-electron chi connectivity index (χ3n) is 16.8. The average molecular weight is 1100 g/mol. The standard InChI is InChI=1S/C69H133NO8/c1-3-5-7-9-11-13-15-17-19-21-23-25-26-27-28-29-30-31-32-33-34-35-36-37-38-39-41-43-45-47-49-51-53-55-57-59-65(73)70-62(61-77-69-68(76)67(75)66(74)64(60-71)78-69)63(72)58-56-54-52-50-48-46-44-42-40-24-22-20-18-16-14-12-10-8-6-4-2/h48,50,56,58,62-64,66-69,71-72,74-76H,3-47,49,51-55,57,59-61H2,1-2H3,(H,70,73)/b50-48+,58-56+. The van der Waals surface area contributed by atoms with Crippen LogP contribution in [0.3, 0.4) is 0 Å². The van der Waals surface area contributed by atoms with Crippen LogP contribution in [0.1, 0.15) is 354 Å². The monoisotopic (exact) mass is 1100 g/mol. The molecule has 0 aromatic heterocycles. The van der Waals surface area contributed by atoms with Gasteiger partial charge in [-0.2, -0.15) is 0 Å². The van der Waals surface area contributed by atoms with Gasteiger partial charge in [0, 0.05) is 6.42 Å². The van der Waals surface area contributed by atoms with Crippen molar-refractivity contribution in [2.24, 2.45) is 0 Å². The maximum atomic E-state index is 13.1. The number of unbranched alkanes of at least 4 members (excludes halogenated alkanes) is 49. The number of nitrogens with one attached hydrogen (secondary N) is 1. The summed E-state index contributed by atoms with van der Waals surface area (Å²) in [5.41, 5.74) is 0. The van der Waals surface area contributed by atoms with Gasteiger partial charge in [-0.05, 0) is 32.1 Å². The summed E-state index contributed by atoms with van der Waals surface area (Å²) >= 11 is 0. The van der Waals surface area contributed by atoms with Crippen LogP contribution in [-0.4, -0.2) is 87.5 Å². The number of hydrogen-bond donors (Lipinski definition) is 6. The smallest absolute Gasteiger partial charge is 0.220 e. The van der Waals surface area contributed by atoms with Crippen molar-refractivity contribution in [3.8, 4) is 0 Å². The number of carbonyl (C=O) groups excluding carboxylic acids is 1. The van der Waals surface area contributed by atoms with Crippen molar-refractivity contribution >= 4 is 5.91 Å². The van der Waals surface area contributed by atoms with Crippen molar-refractivity contribution in [1.82, 2.24) is 5.32 Å². The highest BCUT2D eigenvalue weighted by atomic mass is 16.7. The van der Waals surface area contributed by atoms with Crippen LogP contribution < -0.4 is 5.32 Å². The lowest BCUT2D eigenvalue weighted by Crippen LogP contribution is -2.60. The first-order valence-corrected chi connectivity index (χ1v) is 34.6. The van der Waals surface area contributed by atoms with Crippen LogP contribution in [0.2, 0.25) is 0 Å². The van der Waals surface area contributed by atoms with Crippen LogP contribution in [0.15, 0.2) is 24.3 Å². The van der Waals surface area contributed by atoms with E-state index in [1.165, 1.54) is 295 Å². The molecule has 6 N–H and O–H groups in total. The van der Waals surface area contributed by atoms with Gasteiger partial charge in [-0.3, -0.25) is 4.79 Å². The fraction of sp³-hybridized carbons (Fsp3) is 0.928. The molecular formula is C69H133NO8. The van der Waals surface area contributed by atoms with Crippen molar-refractivity contribution in [2.75, 3.05) is 13.2 Å². The minimum Gasteiger partial charge on any atom is -0.394 e. The van der Waals surface area contributed by atoms with Gasteiger partial charge in [0.15, 0.2) is 6.29 Å². The van der Waals surface area contributed by atoms with Crippen LogP contribution in [0.5, 0.6) is 0 Å². The van der Waals surface area contributed by atoms with Crippen LogP contribution in [-0.2, 0) is 14.3 Å². The Morgan fingerprint density at radius 3 is 1.08 bits per heavy atom. The van der Waals surface area contributed by atoms with Crippen LogP contribution in [0.25, 0.3) is 0 Å². The molecule has 1 fully saturated rings. The summed E-state index contributed by atoms with van der Waals surface area (Å²) in [6.07, 6.45) is 70.1. The molecule has 0 spiro atoms. The van der Waals surface area contributed by atoms with E-state index in [9.17, 15) is 30.3 Å². The summed E-state index contributed by atoms with van der Waals surface area (Å²) in [7, 11) is 0. The molecule has 9 heteroatoms. The van der Waals surface area contributed by atoms with E-state index < -0.39 is 49.5 Å². The summed E-state index contributed by atoms with van der Waals surface area (Å²) in [4.78, 5) is 13.1. The predicted octanol–water partition coefficient (Wildman–Crippen LogP) is 18.5. The van der Waals surface area contributed by atoms with Gasteiger partial charge < -0.3 is 40.3 Å². The first-order valence-electron chi connectivity index (χ1n) is 34.6. The maximum absolute atomic E-state index is 13.1. The molecule has 7 atom stereocenters. The van der Waals surface area contributed by atoms with E-state index in [1.807, 2.05) is 6.08 Å². The van der Waals surface area contributed by atoms with Crippen molar-refractivity contribution in [3.05, 3.63) is 24.3 Å². The topological polar surface area (TPSA) is 149 Å². The van der Waals surface area contributed by atoms with Gasteiger partial charge >= 0.3 is 0 Å². The lowest BCUT2D eigenvalue weighted by atomic mass is 9.99. The highest BCUT2D eigenvalue weighted by Crippen LogP contribution is 2.23. The minimum absolute atomic E-state index is 0.178. The summed E-state index contributed by atoms with van der Waals surface area (Å²) < 4.78 is 11.3. The molecule has 1 aliphatic heterocycles. The molecule has 0 bridgehead atoms. The SMILES string of the molecule is CCCCCCCCCCCCCCCC/C=C/CC/C=C/C(O)C(COC1OC(CO)C(O)C(O)C1O)NC(=O)CCCCCCCCCCCCCCCCCCCCCCCCCCCCCCCCCCCCC. The summed E-state index contributed by atoms with van der Waals surface area (Å²) in [6.45, 7) is 3.82. The molecular weight excluding hydrogens is 971 g/mol. The van der Waals surface area contributed by atoms with Gasteiger partial charge in [0.25, 0.3) is 0 Å². The molecule has 1 aliphatic rings. The van der Waals surface area contributed by atoms with Crippen molar-refractivity contribution < 1.29 is 39.8 Å². The highest BCUT2D eigenvalue weighted by molar-refractivity contribution is 5.76. The molecule has 0 saturated carbocycles. The van der Waals surface area contributed by atoms with Crippen LogP contribution in [0.4, 0.5) is 0 Å². The molecule has 0 aliphatic carbocycles. The first kappa shape index (κ1) is 74.7. The van der Waals surface area contributed by atoms with E-state index in [0.29, 0.717) is 6.42 Å². The predicted molar refractivity (Wildman–Crippen MR) is 332 cm³/mol. The number of carbonyl (C=O) groups is 1.